The highest BCUT2D eigenvalue weighted by Gasteiger charge is 2.19. The molecule has 1 N–H and O–H groups in total. The van der Waals surface area contributed by atoms with Crippen molar-refractivity contribution in [1.82, 2.24) is 10.3 Å². The molecule has 1 heterocycles. The molecule has 0 saturated heterocycles. The molecule has 1 aromatic heterocycles. The first-order valence-electron chi connectivity index (χ1n) is 7.45. The summed E-state index contributed by atoms with van der Waals surface area (Å²) in [5.41, 5.74) is 3.53. The van der Waals surface area contributed by atoms with Crippen LogP contribution in [0.25, 0.3) is 10.9 Å². The van der Waals surface area contributed by atoms with Gasteiger partial charge >= 0.3 is 0 Å². The van der Waals surface area contributed by atoms with Gasteiger partial charge in [0.15, 0.2) is 0 Å². The zero-order valence-corrected chi connectivity index (χ0v) is 12.7. The van der Waals surface area contributed by atoms with Crippen LogP contribution in [0.1, 0.15) is 36.9 Å². The maximum absolute atomic E-state index is 6.16. The van der Waals surface area contributed by atoms with E-state index < -0.39 is 0 Å². The maximum Gasteiger partial charge on any atom is 0.0708 e. The second-order valence-corrected chi connectivity index (χ2v) is 6.39. The predicted molar refractivity (Wildman–Crippen MR) is 85.2 cm³/mol. The topological polar surface area (TPSA) is 24.9 Å². The number of hydrogen-bond acceptors (Lipinski definition) is 2. The van der Waals surface area contributed by atoms with E-state index in [4.69, 9.17) is 11.6 Å². The van der Waals surface area contributed by atoms with Crippen LogP contribution >= 0.6 is 11.6 Å². The summed E-state index contributed by atoms with van der Waals surface area (Å²) in [5, 5.41) is 5.34. The summed E-state index contributed by atoms with van der Waals surface area (Å²) in [4.78, 5) is 4.60. The minimum atomic E-state index is 0.386. The molecular weight excluding hydrogens is 268 g/mol. The highest BCUT2D eigenvalue weighted by Crippen LogP contribution is 2.24. The molecule has 3 rings (SSSR count). The zero-order valence-electron chi connectivity index (χ0n) is 11.9. The monoisotopic (exact) mass is 288 g/mol. The minimum Gasteiger partial charge on any atom is -0.310 e. The number of halogens is 1. The molecule has 20 heavy (non-hydrogen) atoms. The molecule has 1 saturated carbocycles. The lowest BCUT2D eigenvalue weighted by atomic mass is 9.94. The van der Waals surface area contributed by atoms with Gasteiger partial charge in [0.05, 0.1) is 5.52 Å². The van der Waals surface area contributed by atoms with Gasteiger partial charge in [-0.3, -0.25) is 4.98 Å². The van der Waals surface area contributed by atoms with Crippen LogP contribution in [0.4, 0.5) is 0 Å². The third-order valence-electron chi connectivity index (χ3n) is 4.17. The number of aromatic nitrogens is 1. The number of hydrogen-bond donors (Lipinski definition) is 1. The van der Waals surface area contributed by atoms with Gasteiger partial charge in [0.25, 0.3) is 0 Å². The first-order chi connectivity index (χ1) is 9.72. The van der Waals surface area contributed by atoms with E-state index in [1.54, 1.807) is 0 Å². The lowest BCUT2D eigenvalue weighted by Gasteiger charge is -2.26. The van der Waals surface area contributed by atoms with Crippen LogP contribution in [0.2, 0.25) is 0 Å². The molecule has 0 unspecified atom stereocenters. The van der Waals surface area contributed by atoms with Crippen molar-refractivity contribution in [2.75, 3.05) is 0 Å². The van der Waals surface area contributed by atoms with Crippen LogP contribution in [0.5, 0.6) is 0 Å². The average molecular weight is 289 g/mol. The molecule has 0 aliphatic heterocycles. The molecule has 1 aliphatic rings. The second-order valence-electron chi connectivity index (χ2n) is 5.77. The van der Waals surface area contributed by atoms with Gasteiger partial charge in [-0.05, 0) is 50.3 Å². The summed E-state index contributed by atoms with van der Waals surface area (Å²) in [6, 6.07) is 11.2. The Morgan fingerprint density at radius 1 is 1.20 bits per heavy atom. The Kier molecular flexibility index (Phi) is 4.23. The highest BCUT2D eigenvalue weighted by molar-refractivity contribution is 6.20. The number of para-hydroxylation sites is 1. The molecule has 0 atom stereocenters. The van der Waals surface area contributed by atoms with Crippen molar-refractivity contribution >= 4 is 22.5 Å². The van der Waals surface area contributed by atoms with Gasteiger partial charge in [-0.2, -0.15) is 0 Å². The summed E-state index contributed by atoms with van der Waals surface area (Å²) in [6.45, 7) is 2.98. The second kappa shape index (κ2) is 6.11. The van der Waals surface area contributed by atoms with E-state index in [9.17, 15) is 0 Å². The van der Waals surface area contributed by atoms with E-state index in [1.807, 2.05) is 6.07 Å². The molecule has 0 amide bonds. The normalized spacial score (nSPS) is 23.1. The van der Waals surface area contributed by atoms with Gasteiger partial charge in [0.1, 0.15) is 0 Å². The molecule has 1 aromatic carbocycles. The standard InChI is InChI=1S/C17H21ClN2/c1-12-10-13(16-4-2-3-5-17(16)20-12)11-19-15-8-6-14(18)7-9-15/h2-5,10,14-15,19H,6-9,11H2,1H3. The number of fused-ring (bicyclic) bond motifs is 1. The van der Waals surface area contributed by atoms with E-state index in [2.05, 4.69) is 41.5 Å². The molecule has 3 heteroatoms. The number of rotatable bonds is 3. The Morgan fingerprint density at radius 3 is 2.75 bits per heavy atom. The Hall–Kier alpha value is -1.12. The van der Waals surface area contributed by atoms with Crippen molar-refractivity contribution in [3.05, 3.63) is 41.6 Å². The van der Waals surface area contributed by atoms with Crippen molar-refractivity contribution in [3.63, 3.8) is 0 Å². The van der Waals surface area contributed by atoms with Gasteiger partial charge in [-0.15, -0.1) is 11.6 Å². The van der Waals surface area contributed by atoms with Crippen molar-refractivity contribution in [2.24, 2.45) is 0 Å². The van der Waals surface area contributed by atoms with Crippen LogP contribution in [0.15, 0.2) is 30.3 Å². The number of benzene rings is 1. The number of nitrogens with one attached hydrogen (secondary N) is 1. The highest BCUT2D eigenvalue weighted by atomic mass is 35.5. The van der Waals surface area contributed by atoms with Gasteiger partial charge < -0.3 is 5.32 Å². The molecule has 106 valence electrons. The molecule has 1 fully saturated rings. The Labute approximate surface area is 125 Å². The lowest BCUT2D eigenvalue weighted by molar-refractivity contribution is 0.376. The van der Waals surface area contributed by atoms with E-state index in [0.29, 0.717) is 11.4 Å². The van der Waals surface area contributed by atoms with Crippen molar-refractivity contribution < 1.29 is 0 Å². The summed E-state index contributed by atoms with van der Waals surface area (Å²) in [5.74, 6) is 0. The number of pyridine rings is 1. The van der Waals surface area contributed by atoms with Crippen molar-refractivity contribution in [3.8, 4) is 0 Å². The summed E-state index contributed by atoms with van der Waals surface area (Å²) < 4.78 is 0. The van der Waals surface area contributed by atoms with Crippen LogP contribution in [0, 0.1) is 6.92 Å². The summed E-state index contributed by atoms with van der Waals surface area (Å²) in [7, 11) is 0. The Balaban J connectivity index is 1.74. The molecule has 1 aliphatic carbocycles. The maximum atomic E-state index is 6.16. The molecule has 0 spiro atoms. The van der Waals surface area contributed by atoms with Gasteiger partial charge in [-0.25, -0.2) is 0 Å². The first-order valence-corrected chi connectivity index (χ1v) is 7.89. The van der Waals surface area contributed by atoms with Crippen LogP contribution in [-0.2, 0) is 6.54 Å². The quantitative estimate of drug-likeness (QED) is 0.857. The van der Waals surface area contributed by atoms with E-state index in [-0.39, 0.29) is 0 Å². The van der Waals surface area contributed by atoms with Crippen molar-refractivity contribution in [1.29, 1.82) is 0 Å². The zero-order chi connectivity index (χ0) is 13.9. The smallest absolute Gasteiger partial charge is 0.0708 e. The largest absolute Gasteiger partial charge is 0.310 e. The van der Waals surface area contributed by atoms with Gasteiger partial charge in [0.2, 0.25) is 0 Å². The fourth-order valence-electron chi connectivity index (χ4n) is 3.05. The van der Waals surface area contributed by atoms with Crippen LogP contribution in [0.3, 0.4) is 0 Å². The molecule has 0 radical (unpaired) electrons. The van der Waals surface area contributed by atoms with E-state index >= 15 is 0 Å². The van der Waals surface area contributed by atoms with Crippen molar-refractivity contribution in [2.45, 2.75) is 50.6 Å². The fraction of sp³-hybridized carbons (Fsp3) is 0.471. The molecule has 2 aromatic rings. The minimum absolute atomic E-state index is 0.386. The van der Waals surface area contributed by atoms with Gasteiger partial charge in [-0.1, -0.05) is 18.2 Å². The van der Waals surface area contributed by atoms with Crippen LogP contribution in [-0.4, -0.2) is 16.4 Å². The third-order valence-corrected chi connectivity index (χ3v) is 4.60. The van der Waals surface area contributed by atoms with E-state index in [0.717, 1.165) is 30.6 Å². The van der Waals surface area contributed by atoms with E-state index in [1.165, 1.54) is 23.8 Å². The number of alkyl halides is 1. The average Bonchev–Trinajstić information content (AvgIpc) is 2.46. The lowest BCUT2D eigenvalue weighted by Crippen LogP contribution is -2.33. The Bertz CT molecular complexity index is 589. The van der Waals surface area contributed by atoms with Gasteiger partial charge in [0, 0.05) is 29.0 Å². The van der Waals surface area contributed by atoms with Crippen LogP contribution < -0.4 is 5.32 Å². The SMILES string of the molecule is Cc1cc(CNC2CCC(Cl)CC2)c2ccccc2n1. The summed E-state index contributed by atoms with van der Waals surface area (Å²) in [6.07, 6.45) is 4.65. The number of nitrogens with zero attached hydrogens (tertiary/aromatic N) is 1. The number of aryl methyl sites for hydroxylation is 1. The first kappa shape index (κ1) is 13.8. The fourth-order valence-corrected chi connectivity index (χ4v) is 3.30. The predicted octanol–water partition coefficient (Wildman–Crippen LogP) is 4.18. The molecule has 0 bridgehead atoms. The summed E-state index contributed by atoms with van der Waals surface area (Å²) >= 11 is 6.16. The molecule has 2 nitrogen and oxygen atoms in total. The third kappa shape index (κ3) is 3.13. The molecular formula is C17H21ClN2. The Morgan fingerprint density at radius 2 is 1.95 bits per heavy atom.